The second-order valence-electron chi connectivity index (χ2n) is 3.95. The lowest BCUT2D eigenvalue weighted by atomic mass is 10.1. The third-order valence-electron chi connectivity index (χ3n) is 2.41. The monoisotopic (exact) mass is 252 g/mol. The van der Waals surface area contributed by atoms with Crippen molar-refractivity contribution >= 4 is 17.5 Å². The molecule has 0 aromatic heterocycles. The van der Waals surface area contributed by atoms with Crippen LogP contribution < -0.4 is 4.74 Å². The van der Waals surface area contributed by atoms with Gasteiger partial charge in [0.1, 0.15) is 5.75 Å². The van der Waals surface area contributed by atoms with Gasteiger partial charge in [-0.05, 0) is 49.5 Å². The van der Waals surface area contributed by atoms with E-state index >= 15 is 0 Å². The molecule has 17 heavy (non-hydrogen) atoms. The molecule has 0 aliphatic heterocycles. The van der Waals surface area contributed by atoms with Crippen LogP contribution in [0.1, 0.15) is 36.2 Å². The summed E-state index contributed by atoms with van der Waals surface area (Å²) in [5.41, 5.74) is 1.80. The normalized spacial score (nSPS) is 10.3. The van der Waals surface area contributed by atoms with E-state index in [4.69, 9.17) is 4.74 Å². The summed E-state index contributed by atoms with van der Waals surface area (Å²) in [5, 5.41) is 0. The minimum Gasteiger partial charge on any atom is -0.493 e. The summed E-state index contributed by atoms with van der Waals surface area (Å²) in [7, 11) is 0. The molecule has 0 N–H and O–H groups in total. The highest BCUT2D eigenvalue weighted by Crippen LogP contribution is 2.21. The molecule has 0 unspecified atom stereocenters. The van der Waals surface area contributed by atoms with Gasteiger partial charge in [-0.2, -0.15) is 11.8 Å². The molecule has 2 nitrogen and oxygen atoms in total. The van der Waals surface area contributed by atoms with Crippen LogP contribution in [0.5, 0.6) is 5.75 Å². The first-order valence-electron chi connectivity index (χ1n) is 5.97. The molecule has 1 aromatic carbocycles. The number of aryl methyl sites for hydroxylation is 1. The van der Waals surface area contributed by atoms with Crippen molar-refractivity contribution < 1.29 is 9.53 Å². The van der Waals surface area contributed by atoms with E-state index in [0.717, 1.165) is 29.2 Å². The van der Waals surface area contributed by atoms with Crippen LogP contribution in [0.4, 0.5) is 0 Å². The molecule has 0 radical (unpaired) electrons. The molecule has 0 heterocycles. The van der Waals surface area contributed by atoms with Crippen LogP contribution in [-0.4, -0.2) is 23.9 Å². The van der Waals surface area contributed by atoms with Crippen LogP contribution in [-0.2, 0) is 0 Å². The molecular weight excluding hydrogens is 232 g/mol. The Hall–Kier alpha value is -0.960. The molecule has 0 atom stereocenters. The van der Waals surface area contributed by atoms with Crippen molar-refractivity contribution in [2.24, 2.45) is 0 Å². The maximum atomic E-state index is 11.4. The van der Waals surface area contributed by atoms with Crippen LogP contribution in [0.3, 0.4) is 0 Å². The molecule has 94 valence electrons. The topological polar surface area (TPSA) is 26.3 Å². The third-order valence-corrected chi connectivity index (χ3v) is 3.40. The van der Waals surface area contributed by atoms with Gasteiger partial charge in [0, 0.05) is 0 Å². The van der Waals surface area contributed by atoms with Gasteiger partial charge in [0.25, 0.3) is 0 Å². The van der Waals surface area contributed by atoms with Crippen molar-refractivity contribution in [1.82, 2.24) is 0 Å². The number of hydrogen-bond acceptors (Lipinski definition) is 3. The van der Waals surface area contributed by atoms with E-state index in [1.807, 2.05) is 36.9 Å². The summed E-state index contributed by atoms with van der Waals surface area (Å²) >= 11 is 1.91. The molecule has 0 spiro atoms. The van der Waals surface area contributed by atoms with Gasteiger partial charge in [0.15, 0.2) is 5.78 Å². The molecule has 3 heteroatoms. The summed E-state index contributed by atoms with van der Waals surface area (Å²) < 4.78 is 5.69. The highest BCUT2D eigenvalue weighted by molar-refractivity contribution is 7.99. The molecule has 1 rings (SSSR count). The quantitative estimate of drug-likeness (QED) is 0.546. The van der Waals surface area contributed by atoms with E-state index in [1.54, 1.807) is 6.92 Å². The Kier molecular flexibility index (Phi) is 6.12. The molecule has 0 bridgehead atoms. The van der Waals surface area contributed by atoms with Gasteiger partial charge in [-0.15, -0.1) is 0 Å². The van der Waals surface area contributed by atoms with Gasteiger partial charge in [-0.1, -0.05) is 13.0 Å². The number of thioether (sulfide) groups is 1. The summed E-state index contributed by atoms with van der Waals surface area (Å²) in [6, 6.07) is 5.72. The largest absolute Gasteiger partial charge is 0.493 e. The van der Waals surface area contributed by atoms with Crippen molar-refractivity contribution in [2.75, 3.05) is 18.1 Å². The predicted molar refractivity (Wildman–Crippen MR) is 74.3 cm³/mol. The van der Waals surface area contributed by atoms with Crippen molar-refractivity contribution in [3.8, 4) is 5.75 Å². The first-order chi connectivity index (χ1) is 8.15. The average Bonchev–Trinajstić information content (AvgIpc) is 2.28. The van der Waals surface area contributed by atoms with Gasteiger partial charge < -0.3 is 4.74 Å². The fourth-order valence-corrected chi connectivity index (χ4v) is 2.14. The fourth-order valence-electron chi connectivity index (χ4n) is 1.53. The maximum Gasteiger partial charge on any atom is 0.163 e. The smallest absolute Gasteiger partial charge is 0.163 e. The van der Waals surface area contributed by atoms with Crippen molar-refractivity contribution in [1.29, 1.82) is 0 Å². The van der Waals surface area contributed by atoms with Gasteiger partial charge in [0.05, 0.1) is 12.2 Å². The molecule has 0 amide bonds. The SMILES string of the molecule is CCSCCCOc1cc(C)ccc1C(C)=O. The molecule has 0 saturated carbocycles. The zero-order chi connectivity index (χ0) is 12.7. The van der Waals surface area contributed by atoms with Crippen molar-refractivity contribution in [3.63, 3.8) is 0 Å². The Morgan fingerprint density at radius 1 is 1.41 bits per heavy atom. The van der Waals surface area contributed by atoms with Crippen LogP contribution >= 0.6 is 11.8 Å². The lowest BCUT2D eigenvalue weighted by Gasteiger charge is -2.10. The van der Waals surface area contributed by atoms with Crippen LogP contribution in [0, 0.1) is 6.92 Å². The lowest BCUT2D eigenvalue weighted by molar-refractivity contribution is 0.101. The number of carbonyl (C=O) groups is 1. The minimum absolute atomic E-state index is 0.0583. The van der Waals surface area contributed by atoms with Gasteiger partial charge in [0.2, 0.25) is 0 Å². The second kappa shape index (κ2) is 7.38. The number of rotatable bonds is 7. The van der Waals surface area contributed by atoms with Crippen LogP contribution in [0.2, 0.25) is 0 Å². The Bertz CT molecular complexity index is 374. The van der Waals surface area contributed by atoms with Gasteiger partial charge in [-0.3, -0.25) is 4.79 Å². The highest BCUT2D eigenvalue weighted by Gasteiger charge is 2.08. The highest BCUT2D eigenvalue weighted by atomic mass is 32.2. The number of ketones is 1. The maximum absolute atomic E-state index is 11.4. The van der Waals surface area contributed by atoms with E-state index in [-0.39, 0.29) is 5.78 Å². The van der Waals surface area contributed by atoms with E-state index in [9.17, 15) is 4.79 Å². The van der Waals surface area contributed by atoms with Crippen molar-refractivity contribution in [3.05, 3.63) is 29.3 Å². The summed E-state index contributed by atoms with van der Waals surface area (Å²) in [4.78, 5) is 11.4. The van der Waals surface area contributed by atoms with Crippen LogP contribution in [0.15, 0.2) is 18.2 Å². The molecule has 0 saturated heterocycles. The van der Waals surface area contributed by atoms with E-state index < -0.39 is 0 Å². The predicted octanol–water partition coefficient (Wildman–Crippen LogP) is 3.72. The Morgan fingerprint density at radius 3 is 2.82 bits per heavy atom. The Morgan fingerprint density at radius 2 is 2.18 bits per heavy atom. The minimum atomic E-state index is 0.0583. The van der Waals surface area contributed by atoms with E-state index in [1.165, 1.54) is 0 Å². The summed E-state index contributed by atoms with van der Waals surface area (Å²) in [6.45, 7) is 6.41. The second-order valence-corrected chi connectivity index (χ2v) is 5.35. The Balaban J connectivity index is 2.56. The molecular formula is C14H20O2S. The zero-order valence-electron chi connectivity index (χ0n) is 10.8. The lowest BCUT2D eigenvalue weighted by Crippen LogP contribution is -2.04. The third kappa shape index (κ3) is 4.82. The number of hydrogen-bond donors (Lipinski definition) is 0. The van der Waals surface area contributed by atoms with Gasteiger partial charge in [-0.25, -0.2) is 0 Å². The zero-order valence-corrected chi connectivity index (χ0v) is 11.6. The molecule has 1 aromatic rings. The van der Waals surface area contributed by atoms with Gasteiger partial charge >= 0.3 is 0 Å². The fraction of sp³-hybridized carbons (Fsp3) is 0.500. The van der Waals surface area contributed by atoms with Crippen LogP contribution in [0.25, 0.3) is 0 Å². The van der Waals surface area contributed by atoms with Crippen molar-refractivity contribution in [2.45, 2.75) is 27.2 Å². The number of carbonyl (C=O) groups excluding carboxylic acids is 1. The summed E-state index contributed by atoms with van der Waals surface area (Å²) in [6.07, 6.45) is 1.02. The van der Waals surface area contributed by atoms with E-state index in [2.05, 4.69) is 6.92 Å². The number of benzene rings is 1. The number of ether oxygens (including phenoxy) is 1. The standard InChI is InChI=1S/C14H20O2S/c1-4-17-9-5-8-16-14-10-11(2)6-7-13(14)12(3)15/h6-7,10H,4-5,8-9H2,1-3H3. The molecule has 0 aliphatic rings. The molecule has 0 fully saturated rings. The number of Topliss-reactive ketones (excluding diaryl/α,β-unsaturated/α-hetero) is 1. The summed E-state index contributed by atoms with van der Waals surface area (Å²) in [5.74, 6) is 3.03. The Labute approximate surface area is 108 Å². The first kappa shape index (κ1) is 14.1. The van der Waals surface area contributed by atoms with E-state index in [0.29, 0.717) is 12.2 Å². The molecule has 0 aliphatic carbocycles. The first-order valence-corrected chi connectivity index (χ1v) is 7.12. The average molecular weight is 252 g/mol.